The summed E-state index contributed by atoms with van der Waals surface area (Å²) in [7, 11) is 3.06. The fraction of sp³-hybridized carbons (Fsp3) is 0.115. The van der Waals surface area contributed by atoms with Crippen molar-refractivity contribution in [2.24, 2.45) is 0 Å². The summed E-state index contributed by atoms with van der Waals surface area (Å²) in [6, 6.07) is 19.3. The van der Waals surface area contributed by atoms with E-state index in [9.17, 15) is 9.59 Å². The maximum Gasteiger partial charge on any atom is 0.263 e. The van der Waals surface area contributed by atoms with Gasteiger partial charge in [-0.1, -0.05) is 36.4 Å². The Hall–Kier alpha value is -4.17. The number of hydrogen-bond donors (Lipinski definition) is 1. The molecule has 0 unspecified atom stereocenters. The van der Waals surface area contributed by atoms with Gasteiger partial charge in [0.05, 0.1) is 31.6 Å². The summed E-state index contributed by atoms with van der Waals surface area (Å²) in [5.41, 5.74) is 1.95. The van der Waals surface area contributed by atoms with Crippen LogP contribution in [0.4, 0.5) is 5.69 Å². The number of amides is 1. The number of rotatable bonds is 6. The third-order valence-corrected chi connectivity index (χ3v) is 6.50. The molecule has 3 aromatic carbocycles. The van der Waals surface area contributed by atoms with Crippen molar-refractivity contribution < 1.29 is 14.3 Å². The van der Waals surface area contributed by atoms with E-state index in [0.29, 0.717) is 27.4 Å². The summed E-state index contributed by atoms with van der Waals surface area (Å²) in [6.45, 7) is -0.185. The number of hydrogen-bond acceptors (Lipinski definition) is 6. The van der Waals surface area contributed by atoms with E-state index in [1.165, 1.54) is 29.3 Å². The largest absolute Gasteiger partial charge is 0.497 e. The molecule has 0 bridgehead atoms. The van der Waals surface area contributed by atoms with Crippen molar-refractivity contribution in [3.8, 4) is 22.6 Å². The zero-order valence-corrected chi connectivity index (χ0v) is 19.4. The van der Waals surface area contributed by atoms with E-state index in [1.54, 1.807) is 25.3 Å². The number of carbonyl (C=O) groups excluding carboxylic acids is 1. The summed E-state index contributed by atoms with van der Waals surface area (Å²) in [5, 5.41) is 7.46. The molecule has 0 aliphatic carbocycles. The molecule has 170 valence electrons. The molecule has 5 aromatic rings. The standard InChI is InChI=1S/C26H21N3O4S/c1-32-19-9-10-22(33-2)21(12-19)28-23(30)13-29-15-27-25-24(26(29)31)20(14-34-25)18-8-7-16-5-3-4-6-17(16)11-18/h3-12,14-15H,13H2,1-2H3,(H,28,30). The average molecular weight is 472 g/mol. The fourth-order valence-corrected chi connectivity index (χ4v) is 4.81. The molecule has 0 spiro atoms. The molecule has 2 aromatic heterocycles. The lowest BCUT2D eigenvalue weighted by Gasteiger charge is -2.12. The molecule has 1 amide bonds. The van der Waals surface area contributed by atoms with Gasteiger partial charge in [-0.3, -0.25) is 14.2 Å². The van der Waals surface area contributed by atoms with Crippen LogP contribution in [0.2, 0.25) is 0 Å². The van der Waals surface area contributed by atoms with Crippen LogP contribution >= 0.6 is 11.3 Å². The average Bonchev–Trinajstić information content (AvgIpc) is 3.30. The second-order valence-corrected chi connectivity index (χ2v) is 8.54. The van der Waals surface area contributed by atoms with Crippen molar-refractivity contribution in [2.75, 3.05) is 19.5 Å². The molecule has 34 heavy (non-hydrogen) atoms. The first-order valence-corrected chi connectivity index (χ1v) is 11.4. The van der Waals surface area contributed by atoms with Gasteiger partial charge >= 0.3 is 0 Å². The van der Waals surface area contributed by atoms with Crippen LogP contribution in [0.3, 0.4) is 0 Å². The minimum absolute atomic E-state index is 0.185. The number of benzene rings is 3. The number of aromatic nitrogens is 2. The number of nitrogens with zero attached hydrogens (tertiary/aromatic N) is 2. The second kappa shape index (κ2) is 8.99. The fourth-order valence-electron chi connectivity index (χ4n) is 3.91. The lowest BCUT2D eigenvalue weighted by molar-refractivity contribution is -0.116. The molecule has 0 atom stereocenters. The molecule has 1 N–H and O–H groups in total. The van der Waals surface area contributed by atoms with Crippen LogP contribution in [-0.4, -0.2) is 29.7 Å². The number of methoxy groups -OCH3 is 2. The molecular weight excluding hydrogens is 450 g/mol. The molecule has 2 heterocycles. The molecule has 0 saturated heterocycles. The zero-order valence-electron chi connectivity index (χ0n) is 18.6. The Balaban J connectivity index is 1.48. The zero-order chi connectivity index (χ0) is 23.7. The highest BCUT2D eigenvalue weighted by atomic mass is 32.1. The molecule has 0 aliphatic heterocycles. The number of anilines is 1. The molecule has 0 saturated carbocycles. The van der Waals surface area contributed by atoms with E-state index >= 15 is 0 Å². The first-order chi connectivity index (χ1) is 16.6. The molecule has 8 heteroatoms. The lowest BCUT2D eigenvalue weighted by atomic mass is 10.0. The smallest absolute Gasteiger partial charge is 0.263 e. The van der Waals surface area contributed by atoms with Gasteiger partial charge in [0, 0.05) is 17.0 Å². The summed E-state index contributed by atoms with van der Waals surface area (Å²) >= 11 is 1.41. The Bertz CT molecular complexity index is 1590. The van der Waals surface area contributed by atoms with Gasteiger partial charge < -0.3 is 14.8 Å². The Morgan fingerprint density at radius 3 is 2.65 bits per heavy atom. The Morgan fingerprint density at radius 1 is 1.03 bits per heavy atom. The quantitative estimate of drug-likeness (QED) is 0.380. The van der Waals surface area contributed by atoms with Gasteiger partial charge in [-0.2, -0.15) is 0 Å². The van der Waals surface area contributed by atoms with Crippen molar-refractivity contribution in [2.45, 2.75) is 6.54 Å². The van der Waals surface area contributed by atoms with Crippen molar-refractivity contribution in [1.29, 1.82) is 0 Å². The predicted octanol–water partition coefficient (Wildman–Crippen LogP) is 4.93. The van der Waals surface area contributed by atoms with Gasteiger partial charge in [-0.05, 0) is 34.5 Å². The van der Waals surface area contributed by atoms with Crippen LogP contribution in [-0.2, 0) is 11.3 Å². The number of thiophene rings is 1. The van der Waals surface area contributed by atoms with Crippen LogP contribution in [0.15, 0.2) is 77.2 Å². The number of fused-ring (bicyclic) bond motifs is 2. The summed E-state index contributed by atoms with van der Waals surface area (Å²) in [5.74, 6) is 0.693. The highest BCUT2D eigenvalue weighted by molar-refractivity contribution is 7.17. The van der Waals surface area contributed by atoms with E-state index < -0.39 is 0 Å². The Morgan fingerprint density at radius 2 is 1.85 bits per heavy atom. The van der Waals surface area contributed by atoms with Crippen LogP contribution in [0.1, 0.15) is 0 Å². The van der Waals surface area contributed by atoms with Gasteiger partial charge in [0.2, 0.25) is 5.91 Å². The molecule has 0 radical (unpaired) electrons. The first kappa shape index (κ1) is 21.7. The van der Waals surface area contributed by atoms with Crippen LogP contribution in [0.25, 0.3) is 32.1 Å². The summed E-state index contributed by atoms with van der Waals surface area (Å²) in [6.07, 6.45) is 1.41. The molecule has 7 nitrogen and oxygen atoms in total. The molecular formula is C26H21N3O4S. The highest BCUT2D eigenvalue weighted by Crippen LogP contribution is 2.32. The molecule has 0 aliphatic rings. The van der Waals surface area contributed by atoms with E-state index in [1.807, 2.05) is 35.7 Å². The summed E-state index contributed by atoms with van der Waals surface area (Å²) < 4.78 is 11.9. The minimum Gasteiger partial charge on any atom is -0.497 e. The van der Waals surface area contributed by atoms with Gasteiger partial charge in [-0.15, -0.1) is 11.3 Å². The topological polar surface area (TPSA) is 82.4 Å². The Kier molecular flexibility index (Phi) is 5.73. The van der Waals surface area contributed by atoms with E-state index in [-0.39, 0.29) is 18.0 Å². The van der Waals surface area contributed by atoms with Gasteiger partial charge in [0.25, 0.3) is 5.56 Å². The van der Waals surface area contributed by atoms with E-state index in [2.05, 4.69) is 22.4 Å². The van der Waals surface area contributed by atoms with Crippen molar-refractivity contribution in [3.05, 3.63) is 82.7 Å². The normalized spacial score (nSPS) is 11.0. The van der Waals surface area contributed by atoms with Gasteiger partial charge in [-0.25, -0.2) is 4.98 Å². The van der Waals surface area contributed by atoms with Crippen LogP contribution in [0.5, 0.6) is 11.5 Å². The van der Waals surface area contributed by atoms with Crippen LogP contribution in [0, 0.1) is 0 Å². The second-order valence-electron chi connectivity index (χ2n) is 7.68. The van der Waals surface area contributed by atoms with Gasteiger partial charge in [0.15, 0.2) is 0 Å². The molecule has 0 fully saturated rings. The predicted molar refractivity (Wildman–Crippen MR) is 135 cm³/mol. The van der Waals surface area contributed by atoms with E-state index in [0.717, 1.165) is 21.9 Å². The lowest BCUT2D eigenvalue weighted by Crippen LogP contribution is -2.28. The minimum atomic E-state index is -0.378. The van der Waals surface area contributed by atoms with Crippen LogP contribution < -0.4 is 20.3 Å². The third kappa shape index (κ3) is 3.99. The third-order valence-electron chi connectivity index (χ3n) is 5.62. The van der Waals surface area contributed by atoms with Crippen molar-refractivity contribution in [3.63, 3.8) is 0 Å². The molecule has 5 rings (SSSR count). The number of nitrogens with one attached hydrogen (secondary N) is 1. The SMILES string of the molecule is COc1ccc(OC)c(NC(=O)Cn2cnc3scc(-c4ccc5ccccc5c4)c3c2=O)c1. The maximum absolute atomic E-state index is 13.4. The maximum atomic E-state index is 13.4. The first-order valence-electron chi connectivity index (χ1n) is 10.5. The highest BCUT2D eigenvalue weighted by Gasteiger charge is 2.16. The van der Waals surface area contributed by atoms with Gasteiger partial charge in [0.1, 0.15) is 22.9 Å². The van der Waals surface area contributed by atoms with Crippen molar-refractivity contribution in [1.82, 2.24) is 9.55 Å². The van der Waals surface area contributed by atoms with Crippen molar-refractivity contribution >= 4 is 43.9 Å². The van der Waals surface area contributed by atoms with E-state index in [4.69, 9.17) is 9.47 Å². The number of carbonyl (C=O) groups is 1. The Labute approximate surface area is 199 Å². The number of ether oxygens (including phenoxy) is 2. The monoisotopic (exact) mass is 471 g/mol. The summed E-state index contributed by atoms with van der Waals surface area (Å²) in [4.78, 5) is 31.2.